The number of nitrogens with zero attached hydrogens (tertiary/aromatic N) is 6. The predicted octanol–water partition coefficient (Wildman–Crippen LogP) is 3.05. The fraction of sp³-hybridized carbons (Fsp3) is 0.350. The Bertz CT molecular complexity index is 985. The molecule has 3 heterocycles. The summed E-state index contributed by atoms with van der Waals surface area (Å²) in [5.41, 5.74) is 9.55. The number of rotatable bonds is 5. The molecule has 0 aliphatic carbocycles. The molecule has 0 radical (unpaired) electrons. The molecule has 1 aliphatic heterocycles. The first kappa shape index (κ1) is 18.2. The Kier molecular flexibility index (Phi) is 4.87. The number of nitrogens with one attached hydrogen (secondary N) is 1. The van der Waals surface area contributed by atoms with Crippen LogP contribution in [-0.4, -0.2) is 31.8 Å². The lowest BCUT2D eigenvalue weighted by atomic mass is 10.2. The van der Waals surface area contributed by atoms with E-state index < -0.39 is 6.17 Å². The SMILES string of the molecule is CCCn1c(-n2cc(C)cn2)nc2c1NC(=NCC)N(c1ccccc1)C2N. The average molecular weight is 378 g/mol. The second-order valence-corrected chi connectivity index (χ2v) is 6.83. The van der Waals surface area contributed by atoms with Crippen molar-refractivity contribution in [1.29, 1.82) is 0 Å². The maximum Gasteiger partial charge on any atom is 0.232 e. The van der Waals surface area contributed by atoms with Crippen molar-refractivity contribution >= 4 is 17.5 Å². The summed E-state index contributed by atoms with van der Waals surface area (Å²) in [5, 5.41) is 7.93. The van der Waals surface area contributed by atoms with Crippen LogP contribution in [-0.2, 0) is 6.54 Å². The second kappa shape index (κ2) is 7.47. The van der Waals surface area contributed by atoms with E-state index >= 15 is 0 Å². The van der Waals surface area contributed by atoms with Crippen molar-refractivity contribution in [2.45, 2.75) is 39.9 Å². The average Bonchev–Trinajstić information content (AvgIpc) is 3.28. The van der Waals surface area contributed by atoms with Crippen LogP contribution in [0.5, 0.6) is 0 Å². The number of aryl methyl sites for hydroxylation is 1. The van der Waals surface area contributed by atoms with E-state index in [1.54, 1.807) is 4.68 Å². The van der Waals surface area contributed by atoms with Crippen LogP contribution < -0.4 is 16.0 Å². The standard InChI is InChI=1S/C20H26N8/c1-4-11-26-18-16(24-20(26)27-13-14(3)12-23-27)17(21)28(19(25-18)22-5-2)15-9-7-6-8-10-15/h6-10,12-13,17H,4-5,11,21H2,1-3H3,(H,22,25). The first-order valence-corrected chi connectivity index (χ1v) is 9.67. The third-order valence-corrected chi connectivity index (χ3v) is 4.70. The van der Waals surface area contributed by atoms with Crippen LogP contribution in [0.1, 0.15) is 37.7 Å². The van der Waals surface area contributed by atoms with Gasteiger partial charge in [0.1, 0.15) is 17.7 Å². The van der Waals surface area contributed by atoms with E-state index in [0.29, 0.717) is 6.54 Å². The van der Waals surface area contributed by atoms with Crippen molar-refractivity contribution in [3.63, 3.8) is 0 Å². The summed E-state index contributed by atoms with van der Waals surface area (Å²) in [7, 11) is 0. The molecule has 28 heavy (non-hydrogen) atoms. The molecule has 1 aliphatic rings. The number of fused-ring (bicyclic) bond motifs is 1. The van der Waals surface area contributed by atoms with Crippen molar-refractivity contribution in [2.75, 3.05) is 16.8 Å². The number of benzene rings is 1. The minimum absolute atomic E-state index is 0.447. The Morgan fingerprint density at radius 2 is 2.00 bits per heavy atom. The van der Waals surface area contributed by atoms with Gasteiger partial charge in [0.05, 0.1) is 6.20 Å². The van der Waals surface area contributed by atoms with Gasteiger partial charge in [-0.2, -0.15) is 5.10 Å². The summed E-state index contributed by atoms with van der Waals surface area (Å²) in [6.07, 6.45) is 4.33. The molecule has 0 bridgehead atoms. The predicted molar refractivity (Wildman–Crippen MR) is 112 cm³/mol. The van der Waals surface area contributed by atoms with Crippen LogP contribution in [0.2, 0.25) is 0 Å². The zero-order valence-electron chi connectivity index (χ0n) is 16.5. The summed E-state index contributed by atoms with van der Waals surface area (Å²) < 4.78 is 3.94. The van der Waals surface area contributed by atoms with Crippen LogP contribution in [0.3, 0.4) is 0 Å². The number of nitrogens with two attached hydrogens (primary N) is 1. The summed E-state index contributed by atoms with van der Waals surface area (Å²) in [4.78, 5) is 11.5. The third-order valence-electron chi connectivity index (χ3n) is 4.70. The highest BCUT2D eigenvalue weighted by molar-refractivity contribution is 6.07. The molecule has 1 unspecified atom stereocenters. The highest BCUT2D eigenvalue weighted by Crippen LogP contribution is 2.34. The van der Waals surface area contributed by atoms with Crippen LogP contribution in [0, 0.1) is 6.92 Å². The van der Waals surface area contributed by atoms with E-state index in [-0.39, 0.29) is 0 Å². The third kappa shape index (κ3) is 3.05. The van der Waals surface area contributed by atoms with Gasteiger partial charge in [0.15, 0.2) is 0 Å². The van der Waals surface area contributed by atoms with E-state index in [2.05, 4.69) is 26.9 Å². The molecule has 0 amide bonds. The zero-order valence-corrected chi connectivity index (χ0v) is 16.5. The Balaban J connectivity index is 1.86. The van der Waals surface area contributed by atoms with Crippen LogP contribution >= 0.6 is 0 Å². The lowest BCUT2D eigenvalue weighted by Crippen LogP contribution is -2.47. The fourth-order valence-electron chi connectivity index (χ4n) is 3.49. The van der Waals surface area contributed by atoms with Gasteiger partial charge in [-0.05, 0) is 38.0 Å². The molecular formula is C20H26N8. The normalized spacial score (nSPS) is 17.6. The van der Waals surface area contributed by atoms with Crippen molar-refractivity contribution in [2.24, 2.45) is 10.7 Å². The summed E-state index contributed by atoms with van der Waals surface area (Å²) in [6, 6.07) is 10.0. The van der Waals surface area contributed by atoms with E-state index in [4.69, 9.17) is 10.7 Å². The van der Waals surface area contributed by atoms with Gasteiger partial charge in [-0.3, -0.25) is 14.5 Å². The maximum atomic E-state index is 6.70. The molecule has 3 N–H and O–H groups in total. The van der Waals surface area contributed by atoms with Gasteiger partial charge in [-0.25, -0.2) is 9.67 Å². The Labute approximate surface area is 164 Å². The topological polar surface area (TPSA) is 89.3 Å². The van der Waals surface area contributed by atoms with E-state index in [1.165, 1.54) is 0 Å². The van der Waals surface area contributed by atoms with Gasteiger partial charge in [0.2, 0.25) is 11.9 Å². The Morgan fingerprint density at radius 1 is 1.21 bits per heavy atom. The van der Waals surface area contributed by atoms with Crippen molar-refractivity contribution in [1.82, 2.24) is 19.3 Å². The Morgan fingerprint density at radius 3 is 2.64 bits per heavy atom. The van der Waals surface area contributed by atoms with Gasteiger partial charge in [-0.15, -0.1) is 0 Å². The summed E-state index contributed by atoms with van der Waals surface area (Å²) in [6.45, 7) is 7.64. The van der Waals surface area contributed by atoms with Gasteiger partial charge in [0.25, 0.3) is 0 Å². The molecule has 1 atom stereocenters. The second-order valence-electron chi connectivity index (χ2n) is 6.83. The first-order chi connectivity index (χ1) is 13.6. The van der Waals surface area contributed by atoms with E-state index in [9.17, 15) is 0 Å². The van der Waals surface area contributed by atoms with Gasteiger partial charge >= 0.3 is 0 Å². The summed E-state index contributed by atoms with van der Waals surface area (Å²) in [5.74, 6) is 2.37. The number of hydrogen-bond acceptors (Lipinski definition) is 4. The largest absolute Gasteiger partial charge is 0.310 e. The molecule has 8 nitrogen and oxygen atoms in total. The van der Waals surface area contributed by atoms with Crippen molar-refractivity contribution in [3.05, 3.63) is 54.0 Å². The molecular weight excluding hydrogens is 352 g/mol. The van der Waals surface area contributed by atoms with Crippen LogP contribution in [0.15, 0.2) is 47.7 Å². The number of anilines is 2. The van der Waals surface area contributed by atoms with Gasteiger partial charge < -0.3 is 11.1 Å². The molecule has 0 fully saturated rings. The van der Waals surface area contributed by atoms with Gasteiger partial charge in [-0.1, -0.05) is 25.1 Å². The molecule has 2 aromatic heterocycles. The number of aromatic nitrogens is 4. The molecule has 0 spiro atoms. The Hall–Kier alpha value is -3.13. The summed E-state index contributed by atoms with van der Waals surface area (Å²) >= 11 is 0. The number of imidazole rings is 1. The van der Waals surface area contributed by atoms with Crippen LogP contribution in [0.25, 0.3) is 5.95 Å². The van der Waals surface area contributed by atoms with Crippen molar-refractivity contribution < 1.29 is 0 Å². The minimum Gasteiger partial charge on any atom is -0.310 e. The molecule has 1 aromatic carbocycles. The zero-order chi connectivity index (χ0) is 19.7. The monoisotopic (exact) mass is 378 g/mol. The van der Waals surface area contributed by atoms with E-state index in [0.717, 1.165) is 47.6 Å². The maximum absolute atomic E-state index is 6.70. The van der Waals surface area contributed by atoms with E-state index in [1.807, 2.05) is 61.5 Å². The number of para-hydroxylation sites is 1. The highest BCUT2D eigenvalue weighted by Gasteiger charge is 2.35. The lowest BCUT2D eigenvalue weighted by molar-refractivity contribution is 0.641. The molecule has 0 saturated carbocycles. The molecule has 8 heteroatoms. The lowest BCUT2D eigenvalue weighted by Gasteiger charge is -2.36. The minimum atomic E-state index is -0.447. The number of guanidine groups is 1. The molecule has 4 rings (SSSR count). The number of aliphatic imine (C=N–C) groups is 1. The molecule has 3 aromatic rings. The van der Waals surface area contributed by atoms with Crippen LogP contribution in [0.4, 0.5) is 11.5 Å². The fourth-order valence-corrected chi connectivity index (χ4v) is 3.49. The van der Waals surface area contributed by atoms with Gasteiger partial charge in [0, 0.05) is 25.0 Å². The number of hydrogen-bond donors (Lipinski definition) is 2. The van der Waals surface area contributed by atoms with Crippen molar-refractivity contribution in [3.8, 4) is 5.95 Å². The quantitative estimate of drug-likeness (QED) is 0.712. The first-order valence-electron chi connectivity index (χ1n) is 9.67. The highest BCUT2D eigenvalue weighted by atomic mass is 15.5. The smallest absolute Gasteiger partial charge is 0.232 e. The molecule has 0 saturated heterocycles. The molecule has 146 valence electrons.